The van der Waals surface area contributed by atoms with Gasteiger partial charge in [0.05, 0.1) is 11.3 Å². The summed E-state index contributed by atoms with van der Waals surface area (Å²) in [6.07, 6.45) is 0.869. The van der Waals surface area contributed by atoms with E-state index in [0.29, 0.717) is 18.2 Å². The second kappa shape index (κ2) is 9.01. The highest BCUT2D eigenvalue weighted by atomic mass is 32.2. The number of nitrogens with one attached hydrogen (secondary N) is 2. The predicted octanol–water partition coefficient (Wildman–Crippen LogP) is 3.88. The fraction of sp³-hybridized carbons (Fsp3) is 0.350. The van der Waals surface area contributed by atoms with Gasteiger partial charge in [-0.2, -0.15) is 0 Å². The average molecular weight is 391 g/mol. The van der Waals surface area contributed by atoms with Crippen LogP contribution < -0.4 is 10.0 Å². The van der Waals surface area contributed by atoms with Crippen LogP contribution in [0, 0.1) is 5.92 Å². The molecule has 0 amide bonds. The first kappa shape index (κ1) is 20.9. The Morgan fingerprint density at radius 2 is 1.74 bits per heavy atom. The van der Waals surface area contributed by atoms with Crippen molar-refractivity contribution in [2.24, 2.45) is 5.92 Å². The maximum atomic E-state index is 13.0. The molecule has 6 nitrogen and oxygen atoms in total. The number of aromatic carboxylic acids is 1. The number of carboxylic acid groups (broad SMARTS) is 1. The molecule has 0 aromatic heterocycles. The Bertz CT molecular complexity index is 880. The lowest BCUT2D eigenvalue weighted by Crippen LogP contribution is -2.28. The first-order valence-corrected chi connectivity index (χ1v) is 10.4. The van der Waals surface area contributed by atoms with Gasteiger partial charge in [-0.05, 0) is 43.0 Å². The number of hydrogen-bond acceptors (Lipinski definition) is 4. The zero-order valence-corrected chi connectivity index (χ0v) is 16.6. The molecular weight excluding hydrogens is 364 g/mol. The molecule has 0 aliphatic carbocycles. The van der Waals surface area contributed by atoms with Crippen LogP contribution in [0.1, 0.15) is 49.2 Å². The number of sulfonamides is 1. The van der Waals surface area contributed by atoms with E-state index in [4.69, 9.17) is 0 Å². The summed E-state index contributed by atoms with van der Waals surface area (Å²) >= 11 is 0. The lowest BCUT2D eigenvalue weighted by atomic mass is 10.1. The Kier molecular flexibility index (Phi) is 6.98. The molecule has 2 aromatic carbocycles. The normalized spacial score (nSPS) is 12.7. The van der Waals surface area contributed by atoms with Gasteiger partial charge in [0.2, 0.25) is 10.0 Å². The summed E-state index contributed by atoms with van der Waals surface area (Å²) in [7, 11) is -3.92. The van der Waals surface area contributed by atoms with Crippen molar-refractivity contribution < 1.29 is 18.3 Å². The summed E-state index contributed by atoms with van der Waals surface area (Å²) in [5, 5.41) is 12.4. The van der Waals surface area contributed by atoms with Gasteiger partial charge < -0.3 is 10.4 Å². The molecule has 0 saturated heterocycles. The smallest absolute Gasteiger partial charge is 0.335 e. The molecule has 0 aliphatic rings. The summed E-state index contributed by atoms with van der Waals surface area (Å²) in [6.45, 7) is 6.51. The largest absolute Gasteiger partial charge is 0.478 e. The van der Waals surface area contributed by atoms with Crippen LogP contribution in [0.5, 0.6) is 0 Å². The van der Waals surface area contributed by atoms with Crippen molar-refractivity contribution in [1.82, 2.24) is 4.72 Å². The van der Waals surface area contributed by atoms with Crippen molar-refractivity contribution in [1.29, 1.82) is 0 Å². The minimum Gasteiger partial charge on any atom is -0.478 e. The van der Waals surface area contributed by atoms with E-state index < -0.39 is 22.0 Å². The molecule has 0 saturated carbocycles. The highest BCUT2D eigenvalue weighted by Crippen LogP contribution is 2.25. The quantitative estimate of drug-likeness (QED) is 0.604. The topological polar surface area (TPSA) is 95.5 Å². The van der Waals surface area contributed by atoms with Gasteiger partial charge in [-0.3, -0.25) is 0 Å². The molecule has 0 aliphatic heterocycles. The predicted molar refractivity (Wildman–Crippen MR) is 107 cm³/mol. The molecule has 7 heteroatoms. The van der Waals surface area contributed by atoms with Crippen LogP contribution >= 0.6 is 0 Å². The second-order valence-electron chi connectivity index (χ2n) is 6.88. The van der Waals surface area contributed by atoms with Crippen LogP contribution in [0.3, 0.4) is 0 Å². The third kappa shape index (κ3) is 5.80. The summed E-state index contributed by atoms with van der Waals surface area (Å²) in [4.78, 5) is 11.2. The van der Waals surface area contributed by atoms with E-state index >= 15 is 0 Å². The summed E-state index contributed by atoms with van der Waals surface area (Å²) < 4.78 is 28.6. The van der Waals surface area contributed by atoms with Gasteiger partial charge in [0.25, 0.3) is 0 Å². The molecule has 3 N–H and O–H groups in total. The number of benzene rings is 2. The third-order valence-electron chi connectivity index (χ3n) is 4.19. The maximum absolute atomic E-state index is 13.0. The Morgan fingerprint density at radius 1 is 1.07 bits per heavy atom. The number of rotatable bonds is 9. The zero-order chi connectivity index (χ0) is 20.0. The van der Waals surface area contributed by atoms with Gasteiger partial charge in [0.15, 0.2) is 0 Å². The van der Waals surface area contributed by atoms with Gasteiger partial charge in [-0.25, -0.2) is 17.9 Å². The average Bonchev–Trinajstić information content (AvgIpc) is 2.61. The van der Waals surface area contributed by atoms with E-state index in [-0.39, 0.29) is 10.5 Å². The van der Waals surface area contributed by atoms with Gasteiger partial charge in [0, 0.05) is 12.6 Å². The van der Waals surface area contributed by atoms with Crippen LogP contribution in [0.4, 0.5) is 5.69 Å². The summed E-state index contributed by atoms with van der Waals surface area (Å²) in [5.41, 5.74) is 1.15. The molecule has 0 bridgehead atoms. The Labute approximate surface area is 160 Å². The van der Waals surface area contributed by atoms with E-state index in [0.717, 1.165) is 12.0 Å². The molecule has 1 atom stereocenters. The monoisotopic (exact) mass is 390 g/mol. The van der Waals surface area contributed by atoms with Crippen LogP contribution in [-0.2, 0) is 10.0 Å². The number of anilines is 1. The standard InChI is InChI=1S/C20H26N2O4S/c1-14(2)11-12-21-18-10-9-17(20(23)24)13-19(18)27(25,26)22-15(3)16-7-5-4-6-8-16/h4-10,13-15,21-22H,11-12H2,1-3H3,(H,23,24)/t15-/m1/s1. The van der Waals surface area contributed by atoms with Crippen molar-refractivity contribution >= 4 is 21.7 Å². The first-order valence-electron chi connectivity index (χ1n) is 8.89. The Morgan fingerprint density at radius 3 is 2.33 bits per heavy atom. The van der Waals surface area contributed by atoms with Gasteiger partial charge in [0.1, 0.15) is 4.90 Å². The van der Waals surface area contributed by atoms with Crippen LogP contribution in [0.25, 0.3) is 0 Å². The molecule has 2 aromatic rings. The summed E-state index contributed by atoms with van der Waals surface area (Å²) in [6, 6.07) is 12.9. The molecular formula is C20H26N2O4S. The molecule has 0 heterocycles. The highest BCUT2D eigenvalue weighted by molar-refractivity contribution is 7.89. The minimum absolute atomic E-state index is 0.0612. The van der Waals surface area contributed by atoms with Gasteiger partial charge >= 0.3 is 5.97 Å². The van der Waals surface area contributed by atoms with Gasteiger partial charge in [-0.1, -0.05) is 44.2 Å². The SMILES string of the molecule is CC(C)CCNc1ccc(C(=O)O)cc1S(=O)(=O)N[C@H](C)c1ccccc1. The number of hydrogen-bond donors (Lipinski definition) is 3. The minimum atomic E-state index is -3.92. The van der Waals surface area contributed by atoms with Crippen LogP contribution in [0.15, 0.2) is 53.4 Å². The second-order valence-corrected chi connectivity index (χ2v) is 8.56. The van der Waals surface area contributed by atoms with Crippen LogP contribution in [0.2, 0.25) is 0 Å². The van der Waals surface area contributed by atoms with E-state index in [1.54, 1.807) is 6.92 Å². The Hall–Kier alpha value is -2.38. The van der Waals surface area contributed by atoms with E-state index in [1.165, 1.54) is 18.2 Å². The van der Waals surface area contributed by atoms with Crippen molar-refractivity contribution in [3.05, 3.63) is 59.7 Å². The molecule has 27 heavy (non-hydrogen) atoms. The molecule has 146 valence electrons. The van der Waals surface area contributed by atoms with Crippen molar-refractivity contribution in [3.63, 3.8) is 0 Å². The maximum Gasteiger partial charge on any atom is 0.335 e. The molecule has 2 rings (SSSR count). The lowest BCUT2D eigenvalue weighted by molar-refractivity contribution is 0.0696. The van der Waals surface area contributed by atoms with Crippen molar-refractivity contribution in [3.8, 4) is 0 Å². The molecule has 0 spiro atoms. The fourth-order valence-electron chi connectivity index (χ4n) is 2.63. The van der Waals surface area contributed by atoms with Crippen molar-refractivity contribution in [2.45, 2.75) is 38.1 Å². The first-order chi connectivity index (χ1) is 12.7. The van der Waals surface area contributed by atoms with E-state index in [2.05, 4.69) is 23.9 Å². The van der Waals surface area contributed by atoms with Crippen molar-refractivity contribution in [2.75, 3.05) is 11.9 Å². The number of carboxylic acids is 1. The molecule has 0 unspecified atom stereocenters. The fourth-order valence-corrected chi connectivity index (χ4v) is 4.07. The number of carbonyl (C=O) groups is 1. The van der Waals surface area contributed by atoms with E-state index in [1.807, 2.05) is 30.3 Å². The third-order valence-corrected chi connectivity index (χ3v) is 5.77. The Balaban J connectivity index is 2.33. The highest BCUT2D eigenvalue weighted by Gasteiger charge is 2.23. The molecule has 0 radical (unpaired) electrons. The zero-order valence-electron chi connectivity index (χ0n) is 15.8. The van der Waals surface area contributed by atoms with E-state index in [9.17, 15) is 18.3 Å². The lowest BCUT2D eigenvalue weighted by Gasteiger charge is -2.18. The van der Waals surface area contributed by atoms with Crippen LogP contribution in [-0.4, -0.2) is 26.0 Å². The van der Waals surface area contributed by atoms with Gasteiger partial charge in [-0.15, -0.1) is 0 Å². The molecule has 0 fully saturated rings. The summed E-state index contributed by atoms with van der Waals surface area (Å²) in [5.74, 6) is -0.705.